The Morgan fingerprint density at radius 1 is 1.24 bits per heavy atom. The average Bonchev–Trinajstić information content (AvgIpc) is 2.65. The van der Waals surface area contributed by atoms with Crippen LogP contribution in [-0.4, -0.2) is 69.0 Å². The number of nitrogens with one attached hydrogen (secondary N) is 1. The van der Waals surface area contributed by atoms with Gasteiger partial charge in [0.2, 0.25) is 19.2 Å². The fraction of sp³-hybridized carbons (Fsp3) is 0.833. The summed E-state index contributed by atoms with van der Waals surface area (Å²) in [6, 6.07) is -2.18. The zero-order valence-corrected chi connectivity index (χ0v) is 17.9. The summed E-state index contributed by atoms with van der Waals surface area (Å²) in [5, 5.41) is 21.2. The number of hydroxylamine groups is 2. The van der Waals surface area contributed by atoms with Gasteiger partial charge < -0.3 is 21.1 Å². The van der Waals surface area contributed by atoms with E-state index in [1.54, 1.807) is 0 Å². The molecule has 1 rings (SSSR count). The minimum Gasteiger partial charge on any atom is -0.480 e. The van der Waals surface area contributed by atoms with Gasteiger partial charge in [0.1, 0.15) is 6.04 Å². The van der Waals surface area contributed by atoms with Crippen LogP contribution in [0.2, 0.25) is 0 Å². The van der Waals surface area contributed by atoms with Gasteiger partial charge in [-0.1, -0.05) is 19.3 Å². The van der Waals surface area contributed by atoms with Gasteiger partial charge in [0.05, 0.1) is 6.04 Å². The number of hydrogen-bond acceptors (Lipinski definition) is 6. The van der Waals surface area contributed by atoms with Crippen LogP contribution in [0.1, 0.15) is 58.3 Å². The maximum absolute atomic E-state index is 12.3. The summed E-state index contributed by atoms with van der Waals surface area (Å²) in [6.07, 6.45) is 5.61. The summed E-state index contributed by atoms with van der Waals surface area (Å²) in [5.74, 6) is -2.27. The van der Waals surface area contributed by atoms with E-state index in [9.17, 15) is 29.0 Å². The van der Waals surface area contributed by atoms with Crippen LogP contribution >= 0.6 is 7.37 Å². The van der Waals surface area contributed by atoms with Crippen LogP contribution in [0.25, 0.3) is 0 Å². The second kappa shape index (κ2) is 12.3. The lowest BCUT2D eigenvalue weighted by Gasteiger charge is -2.24. The SMILES string of the molecule is CC(NC(=O)C(N)CCC(=O)N(O)CCCP(=O)(O)CC1CCCCC1)C(=O)O. The molecule has 168 valence electrons. The van der Waals surface area contributed by atoms with Crippen molar-refractivity contribution in [2.24, 2.45) is 11.7 Å². The number of rotatable bonds is 12. The van der Waals surface area contributed by atoms with Crippen LogP contribution in [0.15, 0.2) is 0 Å². The van der Waals surface area contributed by atoms with Crippen LogP contribution < -0.4 is 11.1 Å². The fourth-order valence-electron chi connectivity index (χ4n) is 3.38. The highest BCUT2D eigenvalue weighted by Crippen LogP contribution is 2.45. The van der Waals surface area contributed by atoms with E-state index in [-0.39, 0.29) is 37.9 Å². The summed E-state index contributed by atoms with van der Waals surface area (Å²) in [7, 11) is -3.28. The Hall–Kier alpha value is -1.48. The third-order valence-corrected chi connectivity index (χ3v) is 7.27. The van der Waals surface area contributed by atoms with E-state index in [1.165, 1.54) is 13.3 Å². The Kier molecular flexibility index (Phi) is 10.8. The maximum Gasteiger partial charge on any atom is 0.325 e. The van der Waals surface area contributed by atoms with E-state index < -0.39 is 37.2 Å². The molecule has 3 atom stereocenters. The number of carbonyl (C=O) groups excluding carboxylic acids is 2. The summed E-state index contributed by atoms with van der Waals surface area (Å²) < 4.78 is 12.3. The highest BCUT2D eigenvalue weighted by Gasteiger charge is 2.26. The van der Waals surface area contributed by atoms with Gasteiger partial charge in [0.15, 0.2) is 0 Å². The monoisotopic (exact) mass is 435 g/mol. The standard InChI is InChI=1S/C18H34N3O7P/c1-13(18(24)25)20-17(23)15(19)8-9-16(22)21(26)10-5-11-29(27,28)12-14-6-3-2-4-7-14/h13-15,26H,2-12,19H2,1H3,(H,20,23)(H,24,25)(H,27,28). The number of aliphatic carboxylic acids is 1. The first-order chi connectivity index (χ1) is 13.5. The second-order valence-corrected chi connectivity index (χ2v) is 10.3. The summed E-state index contributed by atoms with van der Waals surface area (Å²) in [6.45, 7) is 1.22. The zero-order valence-electron chi connectivity index (χ0n) is 17.0. The van der Waals surface area contributed by atoms with Gasteiger partial charge in [0.25, 0.3) is 0 Å². The Morgan fingerprint density at radius 2 is 1.86 bits per heavy atom. The lowest BCUT2D eigenvalue weighted by molar-refractivity contribution is -0.165. The molecule has 0 aromatic rings. The lowest BCUT2D eigenvalue weighted by Crippen LogP contribution is -2.47. The quantitative estimate of drug-likeness (QED) is 0.173. The Bertz CT molecular complexity index is 610. The zero-order chi connectivity index (χ0) is 22.0. The normalized spacial score (nSPS) is 19.0. The van der Waals surface area contributed by atoms with Crippen molar-refractivity contribution in [1.82, 2.24) is 10.4 Å². The number of carbonyl (C=O) groups is 3. The van der Waals surface area contributed by atoms with E-state index in [4.69, 9.17) is 10.8 Å². The summed E-state index contributed by atoms with van der Waals surface area (Å²) in [5.41, 5.74) is 5.63. The molecule has 2 amide bonds. The third-order valence-electron chi connectivity index (χ3n) is 5.17. The number of amides is 2. The van der Waals surface area contributed by atoms with Crippen LogP contribution in [0.3, 0.4) is 0 Å². The van der Waals surface area contributed by atoms with Gasteiger partial charge in [-0.15, -0.1) is 0 Å². The largest absolute Gasteiger partial charge is 0.480 e. The van der Waals surface area contributed by atoms with Crippen molar-refractivity contribution in [3.05, 3.63) is 0 Å². The molecule has 11 heteroatoms. The van der Waals surface area contributed by atoms with Crippen molar-refractivity contribution in [3.63, 3.8) is 0 Å². The second-order valence-electron chi connectivity index (χ2n) is 7.84. The topological polar surface area (TPSA) is 170 Å². The van der Waals surface area contributed by atoms with Crippen molar-refractivity contribution < 1.29 is 34.2 Å². The van der Waals surface area contributed by atoms with Crippen LogP contribution in [0.4, 0.5) is 0 Å². The molecule has 0 aromatic heterocycles. The molecule has 10 nitrogen and oxygen atoms in total. The first-order valence-corrected chi connectivity index (χ1v) is 12.1. The maximum atomic E-state index is 12.3. The first-order valence-electron chi connectivity index (χ1n) is 10.1. The number of carboxylic acid groups (broad SMARTS) is 1. The number of carboxylic acids is 1. The summed E-state index contributed by atoms with van der Waals surface area (Å²) in [4.78, 5) is 44.5. The van der Waals surface area contributed by atoms with Gasteiger partial charge in [0, 0.05) is 25.3 Å². The molecule has 0 aliphatic heterocycles. The van der Waals surface area contributed by atoms with Crippen LogP contribution in [0.5, 0.6) is 0 Å². The first kappa shape index (κ1) is 25.6. The van der Waals surface area contributed by atoms with Crippen LogP contribution in [0, 0.1) is 5.92 Å². The molecular weight excluding hydrogens is 401 g/mol. The molecule has 1 saturated carbocycles. The Balaban J connectivity index is 2.28. The molecule has 0 aromatic carbocycles. The molecule has 0 bridgehead atoms. The minimum absolute atomic E-state index is 0.0445. The molecule has 29 heavy (non-hydrogen) atoms. The van der Waals surface area contributed by atoms with E-state index in [2.05, 4.69) is 5.32 Å². The molecule has 1 fully saturated rings. The molecule has 3 unspecified atom stereocenters. The van der Waals surface area contributed by atoms with Crippen molar-refractivity contribution in [2.45, 2.75) is 70.4 Å². The highest BCUT2D eigenvalue weighted by molar-refractivity contribution is 7.58. The number of nitrogens with zero attached hydrogens (tertiary/aromatic N) is 1. The van der Waals surface area contributed by atoms with Gasteiger partial charge in [-0.3, -0.25) is 24.2 Å². The van der Waals surface area contributed by atoms with Gasteiger partial charge in [-0.05, 0) is 38.5 Å². The fourth-order valence-corrected chi connectivity index (χ4v) is 5.37. The van der Waals surface area contributed by atoms with Gasteiger partial charge in [-0.2, -0.15) is 0 Å². The summed E-state index contributed by atoms with van der Waals surface area (Å²) >= 11 is 0. The predicted octanol–water partition coefficient (Wildman–Crippen LogP) is 1.14. The molecule has 0 heterocycles. The molecule has 1 aliphatic carbocycles. The molecule has 6 N–H and O–H groups in total. The van der Waals surface area contributed by atoms with Gasteiger partial charge in [-0.25, -0.2) is 5.06 Å². The molecule has 0 saturated heterocycles. The third kappa shape index (κ3) is 10.2. The number of hydrogen-bond donors (Lipinski definition) is 5. The molecule has 0 radical (unpaired) electrons. The Morgan fingerprint density at radius 3 is 2.45 bits per heavy atom. The van der Waals surface area contributed by atoms with Crippen molar-refractivity contribution in [2.75, 3.05) is 18.9 Å². The van der Waals surface area contributed by atoms with E-state index in [0.717, 1.165) is 25.7 Å². The van der Waals surface area contributed by atoms with Gasteiger partial charge >= 0.3 is 5.97 Å². The Labute approximate surface area is 171 Å². The molecule has 1 aliphatic rings. The smallest absolute Gasteiger partial charge is 0.325 e. The molecular formula is C18H34N3O7P. The number of nitrogens with two attached hydrogens (primary N) is 1. The van der Waals surface area contributed by atoms with Crippen LogP contribution in [-0.2, 0) is 18.9 Å². The lowest BCUT2D eigenvalue weighted by atomic mass is 9.91. The van der Waals surface area contributed by atoms with Crippen molar-refractivity contribution in [1.29, 1.82) is 0 Å². The van der Waals surface area contributed by atoms with E-state index in [0.29, 0.717) is 11.2 Å². The van der Waals surface area contributed by atoms with E-state index >= 15 is 0 Å². The van der Waals surface area contributed by atoms with Crippen molar-refractivity contribution >= 4 is 25.2 Å². The minimum atomic E-state index is -3.28. The molecule has 0 spiro atoms. The highest BCUT2D eigenvalue weighted by atomic mass is 31.2. The van der Waals surface area contributed by atoms with Crippen molar-refractivity contribution in [3.8, 4) is 0 Å². The average molecular weight is 435 g/mol. The van der Waals surface area contributed by atoms with E-state index in [1.807, 2.05) is 0 Å². The predicted molar refractivity (Wildman–Crippen MR) is 107 cm³/mol.